The normalized spacial score (nSPS) is 19.4. The third-order valence-corrected chi connectivity index (χ3v) is 8.27. The summed E-state index contributed by atoms with van der Waals surface area (Å²) in [4.78, 5) is 28.3. The fraction of sp³-hybridized carbons (Fsp3) is 0.400. The van der Waals surface area contributed by atoms with E-state index in [1.54, 1.807) is 37.4 Å². The summed E-state index contributed by atoms with van der Waals surface area (Å²) in [5, 5.41) is 12.2. The lowest BCUT2D eigenvalue weighted by atomic mass is 9.90. The van der Waals surface area contributed by atoms with Crippen molar-refractivity contribution >= 4 is 12.0 Å². The Morgan fingerprint density at radius 2 is 1.66 bits per heavy atom. The van der Waals surface area contributed by atoms with E-state index in [0.717, 1.165) is 18.4 Å². The van der Waals surface area contributed by atoms with E-state index in [2.05, 4.69) is 5.32 Å². The average molecular weight is 602 g/mol. The Hall–Kier alpha value is -4.29. The molecule has 44 heavy (non-hydrogen) atoms. The minimum Gasteiger partial charge on any atom is -0.444 e. The first-order valence-electron chi connectivity index (χ1n) is 14.9. The van der Waals surface area contributed by atoms with Gasteiger partial charge in [0.1, 0.15) is 23.3 Å². The molecule has 0 aromatic heterocycles. The molecule has 2 heterocycles. The highest BCUT2D eigenvalue weighted by Gasteiger charge is 2.44. The van der Waals surface area contributed by atoms with Crippen LogP contribution in [0.2, 0.25) is 0 Å². The first-order valence-corrected chi connectivity index (χ1v) is 14.9. The summed E-state index contributed by atoms with van der Waals surface area (Å²) < 4.78 is 40.8. The number of halogens is 2. The van der Waals surface area contributed by atoms with Crippen molar-refractivity contribution in [3.63, 3.8) is 0 Å². The Morgan fingerprint density at radius 1 is 0.955 bits per heavy atom. The van der Waals surface area contributed by atoms with Gasteiger partial charge < -0.3 is 19.7 Å². The van der Waals surface area contributed by atoms with Gasteiger partial charge in [-0.25, -0.2) is 13.6 Å². The molecule has 3 atom stereocenters. The van der Waals surface area contributed by atoms with Gasteiger partial charge in [0.05, 0.1) is 12.2 Å². The van der Waals surface area contributed by atoms with Crippen LogP contribution in [-0.2, 0) is 15.9 Å². The second-order valence-corrected chi connectivity index (χ2v) is 12.5. The highest BCUT2D eigenvalue weighted by molar-refractivity contribution is 5.98. The molecule has 2 bridgehead atoms. The predicted molar refractivity (Wildman–Crippen MR) is 163 cm³/mol. The Balaban J connectivity index is 1.46. The minimum atomic E-state index is -0.694. The number of alkyl carbamates (subject to hydrolysis) is 1. The van der Waals surface area contributed by atoms with Gasteiger partial charge in [0.25, 0.3) is 5.91 Å². The van der Waals surface area contributed by atoms with Crippen LogP contribution >= 0.6 is 0 Å². The van der Waals surface area contributed by atoms with E-state index in [9.17, 15) is 19.2 Å². The fourth-order valence-corrected chi connectivity index (χ4v) is 6.33. The number of ether oxygens (including phenoxy) is 2. The van der Waals surface area contributed by atoms with E-state index in [0.29, 0.717) is 53.7 Å². The lowest BCUT2D eigenvalue weighted by Gasteiger charge is -2.39. The molecule has 2 amide bonds. The number of nitriles is 1. The number of carbonyl (C=O) groups is 2. The molecule has 5 rings (SSSR count). The molecule has 0 unspecified atom stereocenters. The molecule has 2 saturated heterocycles. The topological polar surface area (TPSA) is 91.7 Å². The summed E-state index contributed by atoms with van der Waals surface area (Å²) >= 11 is 0. The monoisotopic (exact) mass is 601 g/mol. The second kappa shape index (κ2) is 12.7. The Bertz CT molecular complexity index is 1600. The van der Waals surface area contributed by atoms with E-state index in [1.807, 2.05) is 37.8 Å². The first kappa shape index (κ1) is 31.1. The number of rotatable bonds is 7. The van der Waals surface area contributed by atoms with E-state index >= 15 is 4.39 Å². The molecule has 3 aromatic carbocycles. The van der Waals surface area contributed by atoms with Crippen LogP contribution in [0.25, 0.3) is 22.3 Å². The van der Waals surface area contributed by atoms with Gasteiger partial charge in [-0.1, -0.05) is 24.3 Å². The predicted octanol–water partition coefficient (Wildman–Crippen LogP) is 7.02. The Labute approximate surface area is 256 Å². The van der Waals surface area contributed by atoms with Gasteiger partial charge in [-0.3, -0.25) is 4.79 Å². The van der Waals surface area contributed by atoms with Crippen molar-refractivity contribution in [2.75, 3.05) is 13.7 Å². The van der Waals surface area contributed by atoms with E-state index in [1.165, 1.54) is 18.2 Å². The number of hydrogen-bond donors (Lipinski definition) is 1. The first-order chi connectivity index (χ1) is 21.0. The summed E-state index contributed by atoms with van der Waals surface area (Å²) in [6.45, 7) is 5.91. The van der Waals surface area contributed by atoms with Crippen molar-refractivity contribution in [3.05, 3.63) is 82.9 Å². The van der Waals surface area contributed by atoms with Gasteiger partial charge in [0.15, 0.2) is 0 Å². The molecule has 0 spiro atoms. The number of carbonyl (C=O) groups excluding carboxylic acids is 2. The van der Waals surface area contributed by atoms with Gasteiger partial charge in [-0.2, -0.15) is 5.26 Å². The van der Waals surface area contributed by atoms with Crippen LogP contribution in [0.5, 0.6) is 0 Å². The molecule has 1 N–H and O–H groups in total. The molecule has 0 aliphatic carbocycles. The quantitative estimate of drug-likeness (QED) is 0.314. The van der Waals surface area contributed by atoms with Crippen molar-refractivity contribution in [1.82, 2.24) is 10.2 Å². The molecule has 0 saturated carbocycles. The molecule has 9 heteroatoms. The van der Waals surface area contributed by atoms with Crippen molar-refractivity contribution in [1.29, 1.82) is 5.26 Å². The summed E-state index contributed by atoms with van der Waals surface area (Å²) in [5.41, 5.74) is 2.22. The molecule has 0 radical (unpaired) electrons. The Kier molecular flexibility index (Phi) is 9.02. The third kappa shape index (κ3) is 6.76. The molecule has 230 valence electrons. The molecule has 7 nitrogen and oxygen atoms in total. The van der Waals surface area contributed by atoms with Crippen LogP contribution in [0, 0.1) is 23.0 Å². The number of benzene rings is 3. The van der Waals surface area contributed by atoms with Gasteiger partial charge in [0, 0.05) is 36.4 Å². The van der Waals surface area contributed by atoms with E-state index in [4.69, 9.17) is 9.47 Å². The smallest absolute Gasteiger partial charge is 0.407 e. The van der Waals surface area contributed by atoms with Crippen LogP contribution in [0.15, 0.2) is 54.6 Å². The molecular formula is C35H37F2N3O4. The van der Waals surface area contributed by atoms with E-state index in [-0.39, 0.29) is 29.6 Å². The van der Waals surface area contributed by atoms with Crippen LogP contribution < -0.4 is 5.32 Å². The van der Waals surface area contributed by atoms with Crippen molar-refractivity contribution in [3.8, 4) is 28.3 Å². The molecular weight excluding hydrogens is 564 g/mol. The second-order valence-electron chi connectivity index (χ2n) is 12.5. The fourth-order valence-electron chi connectivity index (χ4n) is 6.33. The average Bonchev–Trinajstić information content (AvgIpc) is 3.24. The van der Waals surface area contributed by atoms with Crippen molar-refractivity contribution in [2.24, 2.45) is 0 Å². The lowest BCUT2D eigenvalue weighted by molar-refractivity contribution is 0.0418. The number of methoxy groups -OCH3 is 1. The number of piperidine rings is 1. The van der Waals surface area contributed by atoms with Gasteiger partial charge in [-0.15, -0.1) is 0 Å². The minimum absolute atomic E-state index is 0.0474. The maximum absolute atomic E-state index is 15.5. The molecule has 2 fully saturated rings. The van der Waals surface area contributed by atoms with Crippen molar-refractivity contribution < 1.29 is 27.8 Å². The van der Waals surface area contributed by atoms with Gasteiger partial charge >= 0.3 is 6.09 Å². The maximum atomic E-state index is 15.5. The summed E-state index contributed by atoms with van der Waals surface area (Å²) in [7, 11) is 1.59. The zero-order valence-corrected chi connectivity index (χ0v) is 25.5. The number of hydrogen-bond acceptors (Lipinski definition) is 5. The zero-order chi connectivity index (χ0) is 31.6. The number of nitrogens with zero attached hydrogens (tertiary/aromatic N) is 2. The van der Waals surface area contributed by atoms with Crippen LogP contribution in [0.1, 0.15) is 67.9 Å². The van der Waals surface area contributed by atoms with Gasteiger partial charge in [-0.05, 0) is 105 Å². The Morgan fingerprint density at radius 3 is 2.27 bits per heavy atom. The number of fused-ring (bicyclic) bond motifs is 2. The summed E-state index contributed by atoms with van der Waals surface area (Å²) in [6.07, 6.45) is 2.99. The summed E-state index contributed by atoms with van der Waals surface area (Å²) in [6, 6.07) is 15.9. The van der Waals surface area contributed by atoms with Gasteiger partial charge in [0.2, 0.25) is 0 Å². The standard InChI is InChI=1S/C35H37F2N3O4/c1-35(2,3)44-34(42)39-25-18-26-9-10-27(19-25)40(26)33(41)23-8-12-28(29-11-5-21(13-14-43-4)15-32(29)37)30(16-23)22-6-7-24(20-38)31(36)17-22/h5-8,11-12,15-17,25-27H,9-10,13-14,18-19H2,1-4H3,(H,39,42)/t25-,26+,27-. The zero-order valence-electron chi connectivity index (χ0n) is 25.5. The molecule has 3 aromatic rings. The highest BCUT2D eigenvalue weighted by Crippen LogP contribution is 2.39. The van der Waals surface area contributed by atoms with Crippen LogP contribution in [0.4, 0.5) is 13.6 Å². The molecule has 2 aliphatic rings. The van der Waals surface area contributed by atoms with E-state index < -0.39 is 23.3 Å². The highest BCUT2D eigenvalue weighted by atomic mass is 19.1. The third-order valence-electron chi connectivity index (χ3n) is 8.27. The largest absolute Gasteiger partial charge is 0.444 e. The molecule has 2 aliphatic heterocycles. The van der Waals surface area contributed by atoms with Crippen LogP contribution in [0.3, 0.4) is 0 Å². The van der Waals surface area contributed by atoms with Crippen molar-refractivity contribution in [2.45, 2.75) is 76.6 Å². The maximum Gasteiger partial charge on any atom is 0.407 e. The lowest BCUT2D eigenvalue weighted by Crippen LogP contribution is -2.53. The number of amides is 2. The summed E-state index contributed by atoms with van der Waals surface area (Å²) in [5.74, 6) is -1.29. The number of nitrogens with one attached hydrogen (secondary N) is 1. The SMILES string of the molecule is COCCc1ccc(-c2ccc(C(=O)N3[C@@H]4CC[C@H]3C[C@@H](NC(=O)OC(C)(C)C)C4)cc2-c2ccc(C#N)c(F)c2)c(F)c1. The van der Waals surface area contributed by atoms with Crippen LogP contribution in [-0.4, -0.2) is 54.3 Å².